The monoisotopic (exact) mass is 293 g/mol. The smallest absolute Gasteiger partial charge is 0.341 e. The molecule has 1 rings (SSSR count). The average molecular weight is 293 g/mol. The first-order valence-electron chi connectivity index (χ1n) is 5.74. The molecule has 3 N–H and O–H groups in total. The van der Waals surface area contributed by atoms with Crippen molar-refractivity contribution in [3.8, 4) is 5.75 Å². The fourth-order valence-corrected chi connectivity index (χ4v) is 1.30. The second-order valence-electron chi connectivity index (χ2n) is 3.62. The summed E-state index contributed by atoms with van der Waals surface area (Å²) in [5.41, 5.74) is 3.48. The van der Waals surface area contributed by atoms with Crippen LogP contribution in [0.5, 0.6) is 5.75 Å². The largest absolute Gasteiger partial charge is 0.482 e. The molecule has 0 atom stereocenters. The van der Waals surface area contributed by atoms with Crippen LogP contribution in [0, 0.1) is 0 Å². The van der Waals surface area contributed by atoms with Crippen LogP contribution in [0.15, 0.2) is 42.0 Å². The molecule has 0 fully saturated rings. The second kappa shape index (κ2) is 8.65. The number of hydrogen-bond acceptors (Lipinski definition) is 4. The third-order valence-corrected chi connectivity index (χ3v) is 2.26. The molecule has 0 amide bonds. The number of ether oxygens (including phenoxy) is 1. The van der Waals surface area contributed by atoms with Crippen molar-refractivity contribution in [1.29, 1.82) is 0 Å². The van der Waals surface area contributed by atoms with Crippen molar-refractivity contribution in [1.82, 2.24) is 10.7 Å². The normalized spacial score (nSPS) is 10.0. The number of rotatable bonds is 7. The molecule has 0 aliphatic heterocycles. The third-order valence-electron chi connectivity index (χ3n) is 2.03. The van der Waals surface area contributed by atoms with Gasteiger partial charge >= 0.3 is 5.97 Å². The van der Waals surface area contributed by atoms with Gasteiger partial charge in [-0.2, -0.15) is 5.10 Å². The van der Waals surface area contributed by atoms with E-state index in [1.54, 1.807) is 36.6 Å². The molecule has 0 spiro atoms. The molecule has 0 bridgehead atoms. The predicted molar refractivity (Wildman–Crippen MR) is 81.1 cm³/mol. The van der Waals surface area contributed by atoms with Crippen molar-refractivity contribution in [2.45, 2.75) is 0 Å². The van der Waals surface area contributed by atoms with Crippen molar-refractivity contribution >= 4 is 29.5 Å². The van der Waals surface area contributed by atoms with Crippen LogP contribution in [-0.2, 0) is 4.79 Å². The van der Waals surface area contributed by atoms with Crippen molar-refractivity contribution < 1.29 is 14.6 Å². The van der Waals surface area contributed by atoms with E-state index in [-0.39, 0.29) is 6.61 Å². The van der Waals surface area contributed by atoms with Gasteiger partial charge in [-0.15, -0.1) is 6.58 Å². The molecule has 0 aliphatic carbocycles. The van der Waals surface area contributed by atoms with Gasteiger partial charge in [0.05, 0.1) is 6.21 Å². The first-order valence-corrected chi connectivity index (χ1v) is 6.15. The highest BCUT2D eigenvalue weighted by molar-refractivity contribution is 7.80. The van der Waals surface area contributed by atoms with Gasteiger partial charge in [-0.3, -0.25) is 5.43 Å². The third kappa shape index (κ3) is 6.50. The summed E-state index contributed by atoms with van der Waals surface area (Å²) < 4.78 is 5.01. The van der Waals surface area contributed by atoms with Gasteiger partial charge in [0.25, 0.3) is 0 Å². The minimum Gasteiger partial charge on any atom is -0.482 e. The fraction of sp³-hybridized carbons (Fsp3) is 0.154. The van der Waals surface area contributed by atoms with Crippen LogP contribution in [0.4, 0.5) is 0 Å². The van der Waals surface area contributed by atoms with E-state index in [9.17, 15) is 4.79 Å². The van der Waals surface area contributed by atoms with E-state index in [1.165, 1.54) is 0 Å². The zero-order valence-electron chi connectivity index (χ0n) is 10.7. The lowest BCUT2D eigenvalue weighted by Gasteiger charge is -2.04. The molecular formula is C13H15N3O3S. The average Bonchev–Trinajstić information content (AvgIpc) is 2.44. The number of aliphatic carboxylic acids is 1. The summed E-state index contributed by atoms with van der Waals surface area (Å²) in [7, 11) is 0. The Morgan fingerprint density at radius 3 is 2.75 bits per heavy atom. The van der Waals surface area contributed by atoms with Crippen LogP contribution in [0.1, 0.15) is 5.56 Å². The Bertz CT molecular complexity index is 500. The number of carboxylic acids is 1. The maximum Gasteiger partial charge on any atom is 0.341 e. The van der Waals surface area contributed by atoms with Crippen molar-refractivity contribution in [3.05, 3.63) is 42.5 Å². The van der Waals surface area contributed by atoms with Gasteiger partial charge in [0.2, 0.25) is 0 Å². The lowest BCUT2D eigenvalue weighted by Crippen LogP contribution is -2.31. The maximum atomic E-state index is 10.3. The molecule has 106 valence electrons. The van der Waals surface area contributed by atoms with E-state index < -0.39 is 5.97 Å². The Morgan fingerprint density at radius 2 is 2.15 bits per heavy atom. The van der Waals surface area contributed by atoms with E-state index in [0.717, 1.165) is 5.56 Å². The summed E-state index contributed by atoms with van der Waals surface area (Å²) in [5.74, 6) is -0.527. The molecule has 1 aromatic rings. The SMILES string of the molecule is C=CCNC(=S)N/N=C\c1ccc(OCC(=O)O)cc1. The van der Waals surface area contributed by atoms with E-state index in [1.807, 2.05) is 0 Å². The Hall–Kier alpha value is -2.41. The number of nitrogens with one attached hydrogen (secondary N) is 2. The lowest BCUT2D eigenvalue weighted by atomic mass is 10.2. The molecule has 0 aromatic heterocycles. The molecule has 0 heterocycles. The van der Waals surface area contributed by atoms with Gasteiger partial charge in [0.1, 0.15) is 5.75 Å². The summed E-state index contributed by atoms with van der Waals surface area (Å²) in [6, 6.07) is 6.84. The van der Waals surface area contributed by atoms with E-state index in [2.05, 4.69) is 22.4 Å². The molecule has 0 radical (unpaired) electrons. The van der Waals surface area contributed by atoms with Crippen molar-refractivity contribution in [2.75, 3.05) is 13.2 Å². The summed E-state index contributed by atoms with van der Waals surface area (Å²) >= 11 is 4.96. The van der Waals surface area contributed by atoms with Crippen LogP contribution in [-0.4, -0.2) is 35.6 Å². The Balaban J connectivity index is 2.42. The van der Waals surface area contributed by atoms with E-state index >= 15 is 0 Å². The van der Waals surface area contributed by atoms with Crippen LogP contribution in [0.3, 0.4) is 0 Å². The standard InChI is InChI=1S/C13H15N3O3S/c1-2-7-14-13(20)16-15-8-10-3-5-11(6-4-10)19-9-12(17)18/h2-6,8H,1,7,9H2,(H,17,18)(H2,14,16,20)/b15-8-. The van der Waals surface area contributed by atoms with Crippen LogP contribution >= 0.6 is 12.2 Å². The molecule has 20 heavy (non-hydrogen) atoms. The number of thiocarbonyl (C=S) groups is 1. The van der Waals surface area contributed by atoms with Crippen molar-refractivity contribution in [3.63, 3.8) is 0 Å². The highest BCUT2D eigenvalue weighted by Gasteiger charge is 1.98. The minimum absolute atomic E-state index is 0.363. The highest BCUT2D eigenvalue weighted by Crippen LogP contribution is 2.10. The fourth-order valence-electron chi connectivity index (χ4n) is 1.17. The summed E-state index contributed by atoms with van der Waals surface area (Å²) in [5, 5.41) is 15.7. The number of benzene rings is 1. The summed E-state index contributed by atoms with van der Waals surface area (Å²) in [6.07, 6.45) is 3.27. The summed E-state index contributed by atoms with van der Waals surface area (Å²) in [4.78, 5) is 10.3. The molecule has 7 heteroatoms. The molecule has 6 nitrogen and oxygen atoms in total. The predicted octanol–water partition coefficient (Wildman–Crippen LogP) is 1.13. The topological polar surface area (TPSA) is 83.0 Å². The quantitative estimate of drug-likeness (QED) is 0.303. The Morgan fingerprint density at radius 1 is 1.45 bits per heavy atom. The first-order chi connectivity index (χ1) is 9.61. The highest BCUT2D eigenvalue weighted by atomic mass is 32.1. The number of nitrogens with zero attached hydrogens (tertiary/aromatic N) is 1. The molecule has 0 unspecified atom stereocenters. The van der Waals surface area contributed by atoms with Crippen LogP contribution in [0.25, 0.3) is 0 Å². The maximum absolute atomic E-state index is 10.3. The van der Waals surface area contributed by atoms with Gasteiger partial charge in [-0.25, -0.2) is 4.79 Å². The number of hydrazone groups is 1. The Labute approximate surface area is 122 Å². The number of carbonyl (C=O) groups is 1. The second-order valence-corrected chi connectivity index (χ2v) is 4.03. The number of hydrogen-bond donors (Lipinski definition) is 3. The molecular weight excluding hydrogens is 278 g/mol. The van der Waals surface area contributed by atoms with E-state index in [4.69, 9.17) is 22.1 Å². The molecule has 0 saturated carbocycles. The lowest BCUT2D eigenvalue weighted by molar-refractivity contribution is -0.139. The molecule has 0 aliphatic rings. The van der Waals surface area contributed by atoms with E-state index in [0.29, 0.717) is 17.4 Å². The summed E-state index contributed by atoms with van der Waals surface area (Å²) in [6.45, 7) is 3.76. The number of carboxylic acid groups (broad SMARTS) is 1. The van der Waals surface area contributed by atoms with Gasteiger partial charge in [0, 0.05) is 6.54 Å². The zero-order chi connectivity index (χ0) is 14.8. The Kier molecular flexibility index (Phi) is 6.77. The van der Waals surface area contributed by atoms with Crippen LogP contribution < -0.4 is 15.5 Å². The zero-order valence-corrected chi connectivity index (χ0v) is 11.5. The van der Waals surface area contributed by atoms with Gasteiger partial charge in [0.15, 0.2) is 11.7 Å². The molecule has 1 aromatic carbocycles. The van der Waals surface area contributed by atoms with Crippen molar-refractivity contribution in [2.24, 2.45) is 5.10 Å². The first kappa shape index (κ1) is 15.6. The van der Waals surface area contributed by atoms with Gasteiger partial charge in [-0.1, -0.05) is 6.08 Å². The van der Waals surface area contributed by atoms with Crippen LogP contribution in [0.2, 0.25) is 0 Å². The molecule has 0 saturated heterocycles. The van der Waals surface area contributed by atoms with Gasteiger partial charge < -0.3 is 15.2 Å². The van der Waals surface area contributed by atoms with Gasteiger partial charge in [-0.05, 0) is 42.0 Å². The minimum atomic E-state index is -1.01.